The molecule has 1 spiro atoms. The summed E-state index contributed by atoms with van der Waals surface area (Å²) in [4.78, 5) is 44.2. The summed E-state index contributed by atoms with van der Waals surface area (Å²) in [6.07, 6.45) is 6.73. The summed E-state index contributed by atoms with van der Waals surface area (Å²) in [6, 6.07) is 10.6. The van der Waals surface area contributed by atoms with Gasteiger partial charge < -0.3 is 29.7 Å². The SMILES string of the molecule is COc1ccc(CCN2C(=O)[C@H]3C(C(=O)Nc4ccc(C)c(C)c4)[C@H]4C=CC3(O4)C2C(=O)NC2CCCC(C)C2C)cc1OC. The van der Waals surface area contributed by atoms with Crippen molar-refractivity contribution in [2.45, 2.75) is 77.2 Å². The number of ether oxygens (including phenoxy) is 3. The summed E-state index contributed by atoms with van der Waals surface area (Å²) in [5.41, 5.74) is 2.60. The van der Waals surface area contributed by atoms with Gasteiger partial charge in [0.05, 0.1) is 32.2 Å². The summed E-state index contributed by atoms with van der Waals surface area (Å²) < 4.78 is 17.4. The third-order valence-electron chi connectivity index (χ3n) is 10.8. The van der Waals surface area contributed by atoms with E-state index in [1.807, 2.05) is 62.4 Å². The van der Waals surface area contributed by atoms with Gasteiger partial charge in [0.25, 0.3) is 0 Å². The van der Waals surface area contributed by atoms with Gasteiger partial charge >= 0.3 is 0 Å². The van der Waals surface area contributed by atoms with E-state index in [-0.39, 0.29) is 30.3 Å². The van der Waals surface area contributed by atoms with Crippen molar-refractivity contribution >= 4 is 23.4 Å². The smallest absolute Gasteiger partial charge is 0.246 e. The van der Waals surface area contributed by atoms with E-state index >= 15 is 0 Å². The molecule has 0 radical (unpaired) electrons. The molecule has 45 heavy (non-hydrogen) atoms. The Kier molecular flexibility index (Phi) is 8.41. The lowest BCUT2D eigenvalue weighted by atomic mass is 9.73. The van der Waals surface area contributed by atoms with Crippen LogP contribution in [0, 0.1) is 37.5 Å². The largest absolute Gasteiger partial charge is 0.493 e. The van der Waals surface area contributed by atoms with Gasteiger partial charge in [0.1, 0.15) is 11.6 Å². The molecule has 3 heterocycles. The van der Waals surface area contributed by atoms with Crippen molar-refractivity contribution in [3.8, 4) is 11.5 Å². The van der Waals surface area contributed by atoms with Crippen LogP contribution >= 0.6 is 0 Å². The average Bonchev–Trinajstić information content (AvgIpc) is 3.67. The number of anilines is 1. The van der Waals surface area contributed by atoms with Crippen LogP contribution in [0.15, 0.2) is 48.6 Å². The van der Waals surface area contributed by atoms with Gasteiger partial charge in [-0.1, -0.05) is 51.0 Å². The number of hydrogen-bond acceptors (Lipinski definition) is 6. The highest BCUT2D eigenvalue weighted by Gasteiger charge is 2.72. The number of benzene rings is 2. The zero-order valence-corrected chi connectivity index (χ0v) is 27.1. The highest BCUT2D eigenvalue weighted by Crippen LogP contribution is 2.55. The third kappa shape index (κ3) is 5.39. The lowest BCUT2D eigenvalue weighted by molar-refractivity contribution is -0.141. The summed E-state index contributed by atoms with van der Waals surface area (Å²) in [5.74, 6) is -0.239. The number of fused-ring (bicyclic) bond motifs is 1. The second-order valence-electron chi connectivity index (χ2n) is 13.3. The van der Waals surface area contributed by atoms with Gasteiger partial charge in [-0.25, -0.2) is 0 Å². The molecule has 9 nitrogen and oxygen atoms in total. The molecule has 1 aliphatic carbocycles. The molecule has 2 aromatic carbocycles. The molecule has 0 aromatic heterocycles. The summed E-state index contributed by atoms with van der Waals surface area (Å²) >= 11 is 0. The van der Waals surface area contributed by atoms with Crippen molar-refractivity contribution in [1.29, 1.82) is 0 Å². The normalized spacial score (nSPS) is 31.6. The minimum atomic E-state index is -1.21. The van der Waals surface area contributed by atoms with Crippen LogP contribution in [0.2, 0.25) is 0 Å². The number of carbonyl (C=O) groups is 3. The molecule has 4 aliphatic rings. The van der Waals surface area contributed by atoms with Crippen LogP contribution in [0.1, 0.15) is 49.8 Å². The van der Waals surface area contributed by atoms with Crippen molar-refractivity contribution in [3.05, 3.63) is 65.2 Å². The topological polar surface area (TPSA) is 106 Å². The third-order valence-corrected chi connectivity index (χ3v) is 10.8. The zero-order valence-electron chi connectivity index (χ0n) is 27.1. The predicted octanol–water partition coefficient (Wildman–Crippen LogP) is 4.59. The van der Waals surface area contributed by atoms with Crippen LogP contribution in [0.4, 0.5) is 5.69 Å². The number of rotatable bonds is 9. The maximum atomic E-state index is 14.4. The number of hydrogen-bond donors (Lipinski definition) is 2. The fraction of sp³-hybridized carbons (Fsp3) is 0.528. The monoisotopic (exact) mass is 615 g/mol. The maximum Gasteiger partial charge on any atom is 0.246 e. The quantitative estimate of drug-likeness (QED) is 0.400. The van der Waals surface area contributed by atoms with Gasteiger partial charge in [-0.3, -0.25) is 14.4 Å². The number of methoxy groups -OCH3 is 2. The molecular weight excluding hydrogens is 570 g/mol. The lowest BCUT2D eigenvalue weighted by Crippen LogP contribution is -2.58. The van der Waals surface area contributed by atoms with Crippen LogP contribution in [-0.4, -0.2) is 67.2 Å². The Labute approximate surface area is 265 Å². The molecule has 2 bridgehead atoms. The van der Waals surface area contributed by atoms with E-state index < -0.39 is 29.6 Å². The van der Waals surface area contributed by atoms with Crippen LogP contribution < -0.4 is 20.1 Å². The maximum absolute atomic E-state index is 14.4. The standard InChI is InChI=1S/C36H45N3O6/c1-20-10-12-25(18-22(20)3)37-33(40)30-28-14-16-36(45-28)31(30)35(42)39(17-15-24-11-13-27(43-5)29(19-24)44-6)32(36)34(41)38-26-9-7-8-21(2)23(26)4/h10-14,16,18-19,21,23,26,28,30-32H,7-9,15,17H2,1-6H3,(H,37,40)(H,38,41)/t21?,23?,26?,28-,30?,31-,32?,36?/m1/s1. The first-order valence-corrected chi connectivity index (χ1v) is 16.1. The van der Waals surface area contributed by atoms with Crippen molar-refractivity contribution < 1.29 is 28.6 Å². The lowest BCUT2D eigenvalue weighted by Gasteiger charge is -2.38. The summed E-state index contributed by atoms with van der Waals surface area (Å²) in [7, 11) is 3.17. The Bertz CT molecular complexity index is 1520. The molecular formula is C36H45N3O6. The van der Waals surface area contributed by atoms with Crippen LogP contribution in [0.3, 0.4) is 0 Å². The average molecular weight is 616 g/mol. The van der Waals surface area contributed by atoms with Gasteiger partial charge in [-0.05, 0) is 79.5 Å². The minimum Gasteiger partial charge on any atom is -0.493 e. The Morgan fingerprint density at radius 2 is 1.78 bits per heavy atom. The highest BCUT2D eigenvalue weighted by atomic mass is 16.5. The Balaban J connectivity index is 1.30. The molecule has 6 rings (SSSR count). The molecule has 3 fully saturated rings. The molecule has 2 aromatic rings. The molecule has 6 unspecified atom stereocenters. The second-order valence-corrected chi connectivity index (χ2v) is 13.3. The van der Waals surface area contributed by atoms with Gasteiger partial charge in [0.2, 0.25) is 17.7 Å². The van der Waals surface area contributed by atoms with Crippen molar-refractivity contribution in [2.24, 2.45) is 23.7 Å². The van der Waals surface area contributed by atoms with E-state index in [0.29, 0.717) is 35.4 Å². The number of carbonyl (C=O) groups excluding carboxylic acids is 3. The highest BCUT2D eigenvalue weighted by molar-refractivity contribution is 6.02. The van der Waals surface area contributed by atoms with Gasteiger partial charge in [0.15, 0.2) is 11.5 Å². The number of likely N-dealkylation sites (tertiary alicyclic amines) is 1. The van der Waals surface area contributed by atoms with Gasteiger partial charge in [-0.2, -0.15) is 0 Å². The van der Waals surface area contributed by atoms with E-state index in [1.54, 1.807) is 19.1 Å². The first-order chi connectivity index (χ1) is 21.6. The Morgan fingerprint density at radius 1 is 1.00 bits per heavy atom. The molecule has 8 atom stereocenters. The van der Waals surface area contributed by atoms with E-state index in [4.69, 9.17) is 14.2 Å². The molecule has 2 N–H and O–H groups in total. The van der Waals surface area contributed by atoms with E-state index in [0.717, 1.165) is 36.0 Å². The fourth-order valence-electron chi connectivity index (χ4n) is 7.89. The second kappa shape index (κ2) is 12.2. The van der Waals surface area contributed by atoms with Gasteiger partial charge in [0, 0.05) is 18.3 Å². The van der Waals surface area contributed by atoms with Gasteiger partial charge in [-0.15, -0.1) is 0 Å². The molecule has 3 aliphatic heterocycles. The van der Waals surface area contributed by atoms with Crippen LogP contribution in [0.25, 0.3) is 0 Å². The minimum absolute atomic E-state index is 0.0194. The molecule has 1 saturated carbocycles. The molecule has 240 valence electrons. The van der Waals surface area contributed by atoms with E-state index in [1.165, 1.54) is 0 Å². The summed E-state index contributed by atoms with van der Waals surface area (Å²) in [6.45, 7) is 8.73. The first kappa shape index (κ1) is 31.1. The first-order valence-electron chi connectivity index (χ1n) is 16.1. The Morgan fingerprint density at radius 3 is 2.51 bits per heavy atom. The van der Waals surface area contributed by atoms with Crippen LogP contribution in [-0.2, 0) is 25.5 Å². The van der Waals surface area contributed by atoms with Crippen molar-refractivity contribution in [2.75, 3.05) is 26.1 Å². The predicted molar refractivity (Wildman–Crippen MR) is 171 cm³/mol. The summed E-state index contributed by atoms with van der Waals surface area (Å²) in [5, 5.41) is 6.36. The van der Waals surface area contributed by atoms with Crippen molar-refractivity contribution in [3.63, 3.8) is 0 Å². The molecule has 3 amide bonds. The number of nitrogens with zero attached hydrogens (tertiary/aromatic N) is 1. The zero-order chi connectivity index (χ0) is 32.0. The molecule has 9 heteroatoms. The number of amides is 3. The number of nitrogens with one attached hydrogen (secondary N) is 2. The van der Waals surface area contributed by atoms with E-state index in [9.17, 15) is 14.4 Å². The van der Waals surface area contributed by atoms with E-state index in [2.05, 4.69) is 24.5 Å². The molecule has 2 saturated heterocycles. The Hall–Kier alpha value is -3.85. The van der Waals surface area contributed by atoms with Crippen molar-refractivity contribution in [1.82, 2.24) is 10.2 Å². The fourth-order valence-corrected chi connectivity index (χ4v) is 7.89. The van der Waals surface area contributed by atoms with Crippen LogP contribution in [0.5, 0.6) is 11.5 Å². The number of aryl methyl sites for hydroxylation is 2.